The number of nitrogens with zero attached hydrogens (tertiary/aromatic N) is 4. The highest BCUT2D eigenvalue weighted by atomic mass is 16.6. The molecule has 21 heavy (non-hydrogen) atoms. The van der Waals surface area contributed by atoms with E-state index in [0.717, 1.165) is 5.56 Å². The predicted octanol–water partition coefficient (Wildman–Crippen LogP) is 2.06. The molecule has 0 spiro atoms. The molecule has 0 fully saturated rings. The van der Waals surface area contributed by atoms with Crippen molar-refractivity contribution in [2.45, 2.75) is 39.3 Å². The quantitative estimate of drug-likeness (QED) is 0.930. The van der Waals surface area contributed by atoms with Crippen molar-refractivity contribution < 1.29 is 14.1 Å². The van der Waals surface area contributed by atoms with Crippen LogP contribution in [0.25, 0.3) is 11.4 Å². The predicted molar refractivity (Wildman–Crippen MR) is 74.3 cm³/mol. The number of hydrogen-bond acceptors (Lipinski definition) is 6. The highest BCUT2D eigenvalue weighted by molar-refractivity contribution is 5.68. The molecule has 2 aromatic rings. The minimum atomic E-state index is -0.556. The molecule has 2 rings (SSSR count). The lowest BCUT2D eigenvalue weighted by Crippen LogP contribution is -2.34. The van der Waals surface area contributed by atoms with Gasteiger partial charge in [0, 0.05) is 13.2 Å². The minimum absolute atomic E-state index is 0.305. The molecule has 1 N–H and O–H groups in total. The summed E-state index contributed by atoms with van der Waals surface area (Å²) in [5.41, 5.74) is 0.191. The van der Waals surface area contributed by atoms with Crippen LogP contribution in [0.1, 0.15) is 39.6 Å². The Hall–Kier alpha value is -2.38. The molecule has 0 aliphatic heterocycles. The lowest BCUT2D eigenvalue weighted by atomic mass is 10.2. The SMILES string of the molecule is C[C@H](NC(=O)OC(C)(C)C)c1nc(-c2cnn(C)c2)no1. The van der Waals surface area contributed by atoms with Crippen molar-refractivity contribution in [1.29, 1.82) is 0 Å². The summed E-state index contributed by atoms with van der Waals surface area (Å²) in [4.78, 5) is 15.9. The van der Waals surface area contributed by atoms with Crippen LogP contribution in [-0.2, 0) is 11.8 Å². The zero-order chi connectivity index (χ0) is 15.6. The molecule has 8 nitrogen and oxygen atoms in total. The van der Waals surface area contributed by atoms with Gasteiger partial charge in [-0.1, -0.05) is 5.16 Å². The molecular weight excluding hydrogens is 274 g/mol. The van der Waals surface area contributed by atoms with Crippen LogP contribution in [0.3, 0.4) is 0 Å². The molecular formula is C13H19N5O3. The van der Waals surface area contributed by atoms with E-state index < -0.39 is 17.7 Å². The molecule has 0 bridgehead atoms. The molecule has 114 valence electrons. The van der Waals surface area contributed by atoms with E-state index in [9.17, 15) is 4.79 Å². The van der Waals surface area contributed by atoms with Gasteiger partial charge in [-0.05, 0) is 27.7 Å². The monoisotopic (exact) mass is 293 g/mol. The Labute approximate surface area is 122 Å². The largest absolute Gasteiger partial charge is 0.444 e. The zero-order valence-electron chi connectivity index (χ0n) is 12.7. The van der Waals surface area contributed by atoms with E-state index in [1.165, 1.54) is 0 Å². The molecule has 0 aliphatic rings. The first-order valence-electron chi connectivity index (χ1n) is 6.57. The maximum absolute atomic E-state index is 11.7. The fraction of sp³-hybridized carbons (Fsp3) is 0.538. The number of rotatable bonds is 3. The van der Waals surface area contributed by atoms with Gasteiger partial charge in [0.2, 0.25) is 11.7 Å². The first-order chi connectivity index (χ1) is 9.74. The number of ether oxygens (including phenoxy) is 1. The van der Waals surface area contributed by atoms with Gasteiger partial charge in [0.15, 0.2) is 0 Å². The third-order valence-electron chi connectivity index (χ3n) is 2.51. The Morgan fingerprint density at radius 1 is 1.48 bits per heavy atom. The van der Waals surface area contributed by atoms with Crippen molar-refractivity contribution in [1.82, 2.24) is 25.2 Å². The van der Waals surface area contributed by atoms with Gasteiger partial charge in [-0.3, -0.25) is 4.68 Å². The third-order valence-corrected chi connectivity index (χ3v) is 2.51. The van der Waals surface area contributed by atoms with E-state index in [4.69, 9.17) is 9.26 Å². The molecule has 1 atom stereocenters. The summed E-state index contributed by atoms with van der Waals surface area (Å²) in [6.07, 6.45) is 2.89. The molecule has 1 amide bonds. The normalized spacial score (nSPS) is 13.0. The number of alkyl carbamates (subject to hydrolysis) is 1. The minimum Gasteiger partial charge on any atom is -0.444 e. The average molecular weight is 293 g/mol. The number of aryl methyl sites for hydroxylation is 1. The summed E-state index contributed by atoms with van der Waals surface area (Å²) in [6.45, 7) is 7.13. The van der Waals surface area contributed by atoms with E-state index in [1.54, 1.807) is 51.8 Å². The number of amides is 1. The van der Waals surface area contributed by atoms with E-state index >= 15 is 0 Å². The molecule has 2 heterocycles. The van der Waals surface area contributed by atoms with Gasteiger partial charge in [0.05, 0.1) is 11.8 Å². The molecule has 0 unspecified atom stereocenters. The number of aromatic nitrogens is 4. The third kappa shape index (κ3) is 4.04. The second-order valence-corrected chi connectivity index (χ2v) is 5.73. The van der Waals surface area contributed by atoms with Crippen LogP contribution >= 0.6 is 0 Å². The van der Waals surface area contributed by atoms with Crippen LogP contribution in [0.2, 0.25) is 0 Å². The first-order valence-corrected chi connectivity index (χ1v) is 6.57. The lowest BCUT2D eigenvalue weighted by molar-refractivity contribution is 0.0499. The van der Waals surface area contributed by atoms with Crippen LogP contribution in [0.5, 0.6) is 0 Å². The van der Waals surface area contributed by atoms with E-state index in [-0.39, 0.29) is 0 Å². The summed E-state index contributed by atoms with van der Waals surface area (Å²) >= 11 is 0. The van der Waals surface area contributed by atoms with E-state index in [0.29, 0.717) is 11.7 Å². The van der Waals surface area contributed by atoms with Crippen molar-refractivity contribution in [2.75, 3.05) is 0 Å². The van der Waals surface area contributed by atoms with Crippen LogP contribution < -0.4 is 5.32 Å². The maximum Gasteiger partial charge on any atom is 0.408 e. The zero-order valence-corrected chi connectivity index (χ0v) is 12.7. The van der Waals surface area contributed by atoms with Gasteiger partial charge < -0.3 is 14.6 Å². The van der Waals surface area contributed by atoms with E-state index in [1.807, 2.05) is 0 Å². The van der Waals surface area contributed by atoms with Crippen molar-refractivity contribution in [3.05, 3.63) is 18.3 Å². The number of hydrogen-bond donors (Lipinski definition) is 1. The average Bonchev–Trinajstić information content (AvgIpc) is 2.93. The molecule has 0 radical (unpaired) electrons. The van der Waals surface area contributed by atoms with Gasteiger partial charge in [0.1, 0.15) is 11.6 Å². The molecule has 2 aromatic heterocycles. The van der Waals surface area contributed by atoms with Crippen LogP contribution in [-0.4, -0.2) is 31.6 Å². The lowest BCUT2D eigenvalue weighted by Gasteiger charge is -2.20. The van der Waals surface area contributed by atoms with Crippen LogP contribution in [0.15, 0.2) is 16.9 Å². The topological polar surface area (TPSA) is 95.1 Å². The fourth-order valence-electron chi connectivity index (χ4n) is 1.61. The highest BCUT2D eigenvalue weighted by Crippen LogP contribution is 2.18. The van der Waals surface area contributed by atoms with Gasteiger partial charge in [-0.2, -0.15) is 10.1 Å². The van der Waals surface area contributed by atoms with Crippen molar-refractivity contribution >= 4 is 6.09 Å². The van der Waals surface area contributed by atoms with Gasteiger partial charge in [-0.15, -0.1) is 0 Å². The summed E-state index contributed by atoms with van der Waals surface area (Å²) < 4.78 is 12.0. The van der Waals surface area contributed by atoms with Gasteiger partial charge in [-0.25, -0.2) is 4.79 Å². The Balaban J connectivity index is 2.02. The summed E-state index contributed by atoms with van der Waals surface area (Å²) in [6, 6.07) is -0.447. The number of carbonyl (C=O) groups excluding carboxylic acids is 1. The van der Waals surface area contributed by atoms with Gasteiger partial charge >= 0.3 is 6.09 Å². The second-order valence-electron chi connectivity index (χ2n) is 5.73. The van der Waals surface area contributed by atoms with Crippen molar-refractivity contribution in [3.63, 3.8) is 0 Å². The maximum atomic E-state index is 11.7. The van der Waals surface area contributed by atoms with Crippen molar-refractivity contribution in [2.24, 2.45) is 7.05 Å². The summed E-state index contributed by atoms with van der Waals surface area (Å²) in [5, 5.41) is 10.6. The fourth-order valence-corrected chi connectivity index (χ4v) is 1.61. The molecule has 0 aliphatic carbocycles. The molecule has 0 aromatic carbocycles. The number of carbonyl (C=O) groups is 1. The second kappa shape index (κ2) is 5.55. The Bertz CT molecular complexity index is 626. The first kappa shape index (κ1) is 15.0. The highest BCUT2D eigenvalue weighted by Gasteiger charge is 2.21. The molecule has 0 saturated heterocycles. The van der Waals surface area contributed by atoms with Gasteiger partial charge in [0.25, 0.3) is 0 Å². The van der Waals surface area contributed by atoms with Crippen LogP contribution in [0, 0.1) is 0 Å². The van der Waals surface area contributed by atoms with E-state index in [2.05, 4.69) is 20.6 Å². The molecule has 0 saturated carbocycles. The molecule has 8 heteroatoms. The van der Waals surface area contributed by atoms with Crippen LogP contribution in [0.4, 0.5) is 4.79 Å². The number of nitrogens with one attached hydrogen (secondary N) is 1. The standard InChI is InChI=1S/C13H19N5O3/c1-8(15-12(19)20-13(2,3)4)11-16-10(17-21-11)9-6-14-18(5)7-9/h6-8H,1-5H3,(H,15,19)/t8-/m0/s1. The van der Waals surface area contributed by atoms with Crippen molar-refractivity contribution in [3.8, 4) is 11.4 Å². The summed E-state index contributed by atoms with van der Waals surface area (Å²) in [7, 11) is 1.80. The smallest absolute Gasteiger partial charge is 0.408 e. The Kier molecular flexibility index (Phi) is 3.97. The Morgan fingerprint density at radius 2 is 2.19 bits per heavy atom. The summed E-state index contributed by atoms with van der Waals surface area (Å²) in [5.74, 6) is 0.732. The Morgan fingerprint density at radius 3 is 2.76 bits per heavy atom.